The van der Waals surface area contributed by atoms with Gasteiger partial charge < -0.3 is 10.4 Å². The highest BCUT2D eigenvalue weighted by Crippen LogP contribution is 2.21. The van der Waals surface area contributed by atoms with Gasteiger partial charge in [0, 0.05) is 11.9 Å². The van der Waals surface area contributed by atoms with Crippen LogP contribution < -0.4 is 5.32 Å². The summed E-state index contributed by atoms with van der Waals surface area (Å²) in [7, 11) is 0. The molecule has 5 nitrogen and oxygen atoms in total. The van der Waals surface area contributed by atoms with Gasteiger partial charge in [-0.3, -0.25) is 0 Å². The van der Waals surface area contributed by atoms with E-state index in [1.165, 1.54) is 18.6 Å². The quantitative estimate of drug-likeness (QED) is 0.874. The summed E-state index contributed by atoms with van der Waals surface area (Å²) in [5.41, 5.74) is -0.920. The van der Waals surface area contributed by atoms with Crippen LogP contribution in [0.4, 0.5) is 20.3 Å². The van der Waals surface area contributed by atoms with Crippen LogP contribution in [0, 0.1) is 11.6 Å². The van der Waals surface area contributed by atoms with Crippen molar-refractivity contribution in [2.45, 2.75) is 0 Å². The monoisotopic (exact) mass is 251 g/mol. The van der Waals surface area contributed by atoms with Crippen molar-refractivity contribution in [2.24, 2.45) is 0 Å². The molecule has 0 fully saturated rings. The number of halogens is 2. The Morgan fingerprint density at radius 3 is 2.44 bits per heavy atom. The summed E-state index contributed by atoms with van der Waals surface area (Å²) in [5.74, 6) is -3.62. The molecule has 1 aromatic heterocycles. The maximum atomic E-state index is 13.4. The first-order chi connectivity index (χ1) is 8.58. The van der Waals surface area contributed by atoms with Gasteiger partial charge in [-0.25, -0.2) is 23.5 Å². The van der Waals surface area contributed by atoms with Gasteiger partial charge in [0.05, 0.1) is 0 Å². The fraction of sp³-hybridized carbons (Fsp3) is 0. The second-order valence-corrected chi connectivity index (χ2v) is 3.34. The van der Waals surface area contributed by atoms with Crippen molar-refractivity contribution in [1.29, 1.82) is 0 Å². The second-order valence-electron chi connectivity index (χ2n) is 3.34. The lowest BCUT2D eigenvalue weighted by atomic mass is 10.2. The first kappa shape index (κ1) is 11.9. The molecule has 7 heteroatoms. The Hall–Kier alpha value is -2.57. The third kappa shape index (κ3) is 2.40. The number of carboxylic acid groups (broad SMARTS) is 1. The van der Waals surface area contributed by atoms with E-state index in [0.717, 1.165) is 12.1 Å². The maximum Gasteiger partial charge on any atom is 0.341 e. The van der Waals surface area contributed by atoms with Crippen molar-refractivity contribution in [1.82, 2.24) is 9.97 Å². The lowest BCUT2D eigenvalue weighted by Crippen LogP contribution is -2.06. The van der Waals surface area contributed by atoms with Crippen LogP contribution in [-0.4, -0.2) is 21.0 Å². The Labute approximate surface area is 100 Å². The fourth-order valence-electron chi connectivity index (χ4n) is 1.36. The zero-order valence-electron chi connectivity index (χ0n) is 8.89. The number of nitrogens with one attached hydrogen (secondary N) is 1. The Balaban J connectivity index is 2.34. The zero-order chi connectivity index (χ0) is 13.1. The van der Waals surface area contributed by atoms with Gasteiger partial charge in [0.15, 0.2) is 0 Å². The maximum absolute atomic E-state index is 13.4. The average Bonchev–Trinajstić information content (AvgIpc) is 2.28. The van der Waals surface area contributed by atoms with Gasteiger partial charge in [-0.2, -0.15) is 0 Å². The molecule has 0 amide bonds. The van der Waals surface area contributed by atoms with Gasteiger partial charge >= 0.3 is 5.97 Å². The Morgan fingerprint density at radius 2 is 1.94 bits per heavy atom. The summed E-state index contributed by atoms with van der Waals surface area (Å²) in [6.45, 7) is 0. The fourth-order valence-corrected chi connectivity index (χ4v) is 1.36. The van der Waals surface area contributed by atoms with Crippen LogP contribution in [0.2, 0.25) is 0 Å². The molecule has 0 saturated carbocycles. The Kier molecular flexibility index (Phi) is 3.13. The summed E-state index contributed by atoms with van der Waals surface area (Å²) >= 11 is 0. The molecular formula is C11H7F2N3O2. The number of carboxylic acids is 1. The van der Waals surface area contributed by atoms with Gasteiger partial charge in [-0.15, -0.1) is 0 Å². The molecule has 2 aromatic rings. The predicted molar refractivity (Wildman–Crippen MR) is 58.6 cm³/mol. The smallest absolute Gasteiger partial charge is 0.341 e. The minimum atomic E-state index is -1.65. The molecule has 1 heterocycles. The zero-order valence-corrected chi connectivity index (χ0v) is 8.89. The molecule has 1 aromatic carbocycles. The van der Waals surface area contributed by atoms with Crippen molar-refractivity contribution in [3.05, 3.63) is 47.9 Å². The number of aromatic nitrogens is 2. The summed E-state index contributed by atoms with van der Waals surface area (Å²) in [6, 6.07) is 3.27. The minimum Gasteiger partial charge on any atom is -0.477 e. The van der Waals surface area contributed by atoms with Gasteiger partial charge in [0.2, 0.25) is 0 Å². The first-order valence-electron chi connectivity index (χ1n) is 4.83. The van der Waals surface area contributed by atoms with Crippen molar-refractivity contribution >= 4 is 17.5 Å². The molecule has 0 saturated heterocycles. The van der Waals surface area contributed by atoms with Crippen LogP contribution in [0.15, 0.2) is 30.7 Å². The molecule has 0 spiro atoms. The van der Waals surface area contributed by atoms with E-state index in [1.807, 2.05) is 0 Å². The van der Waals surface area contributed by atoms with Crippen molar-refractivity contribution in [2.75, 3.05) is 5.32 Å². The van der Waals surface area contributed by atoms with Crippen molar-refractivity contribution in [3.8, 4) is 0 Å². The van der Waals surface area contributed by atoms with Gasteiger partial charge in [0.1, 0.15) is 29.3 Å². The number of hydrogen-bond acceptors (Lipinski definition) is 4. The molecule has 0 aliphatic heterocycles. The average molecular weight is 251 g/mol. The van der Waals surface area contributed by atoms with Crippen LogP contribution in [0.3, 0.4) is 0 Å². The molecule has 0 aliphatic carbocycles. The van der Waals surface area contributed by atoms with Crippen molar-refractivity contribution < 1.29 is 18.7 Å². The highest BCUT2D eigenvalue weighted by Gasteiger charge is 2.17. The lowest BCUT2D eigenvalue weighted by Gasteiger charge is -2.07. The molecule has 0 aliphatic rings. The van der Waals surface area contributed by atoms with Gasteiger partial charge in [0.25, 0.3) is 0 Å². The van der Waals surface area contributed by atoms with E-state index in [0.29, 0.717) is 5.82 Å². The number of benzene rings is 1. The van der Waals surface area contributed by atoms with Crippen LogP contribution in [0.5, 0.6) is 0 Å². The minimum absolute atomic E-state index is 0.0636. The largest absolute Gasteiger partial charge is 0.477 e. The molecule has 0 unspecified atom stereocenters. The molecule has 92 valence electrons. The standard InChI is InChI=1S/C11H7F2N3O2/c12-7-3-6(4-8(13)10(7)11(17)18)16-9-1-2-14-5-15-9/h1-5H,(H,17,18)(H,14,15,16). The van der Waals surface area contributed by atoms with E-state index in [2.05, 4.69) is 15.3 Å². The Morgan fingerprint density at radius 1 is 1.28 bits per heavy atom. The van der Waals surface area contributed by atoms with E-state index >= 15 is 0 Å². The van der Waals surface area contributed by atoms with E-state index in [-0.39, 0.29) is 5.69 Å². The summed E-state index contributed by atoms with van der Waals surface area (Å²) in [5, 5.41) is 11.2. The molecule has 2 rings (SSSR count). The van der Waals surface area contributed by atoms with Crippen LogP contribution in [0.25, 0.3) is 0 Å². The number of hydrogen-bond donors (Lipinski definition) is 2. The van der Waals surface area contributed by atoms with E-state index < -0.39 is 23.2 Å². The van der Waals surface area contributed by atoms with Crippen LogP contribution in [-0.2, 0) is 0 Å². The molecule has 2 N–H and O–H groups in total. The molecular weight excluding hydrogens is 244 g/mol. The summed E-state index contributed by atoms with van der Waals surface area (Å²) < 4.78 is 26.7. The van der Waals surface area contributed by atoms with Crippen LogP contribution >= 0.6 is 0 Å². The lowest BCUT2D eigenvalue weighted by molar-refractivity contribution is 0.0686. The number of aromatic carboxylic acids is 1. The van der Waals surface area contributed by atoms with E-state index in [9.17, 15) is 13.6 Å². The van der Waals surface area contributed by atoms with Crippen LogP contribution in [0.1, 0.15) is 10.4 Å². The highest BCUT2D eigenvalue weighted by molar-refractivity contribution is 5.88. The number of anilines is 2. The SMILES string of the molecule is O=C(O)c1c(F)cc(Nc2ccncn2)cc1F. The van der Waals surface area contributed by atoms with Gasteiger partial charge in [-0.1, -0.05) is 0 Å². The van der Waals surface area contributed by atoms with E-state index in [4.69, 9.17) is 5.11 Å². The molecule has 0 atom stereocenters. The number of nitrogens with zero attached hydrogens (tertiary/aromatic N) is 2. The number of carbonyl (C=O) groups is 1. The normalized spacial score (nSPS) is 10.1. The predicted octanol–water partition coefficient (Wildman–Crippen LogP) is 2.20. The second kappa shape index (κ2) is 4.74. The summed E-state index contributed by atoms with van der Waals surface area (Å²) in [4.78, 5) is 18.1. The third-order valence-electron chi connectivity index (χ3n) is 2.11. The van der Waals surface area contributed by atoms with Gasteiger partial charge in [-0.05, 0) is 18.2 Å². The number of rotatable bonds is 3. The Bertz CT molecular complexity index is 567. The third-order valence-corrected chi connectivity index (χ3v) is 2.11. The molecule has 0 bridgehead atoms. The topological polar surface area (TPSA) is 75.1 Å². The van der Waals surface area contributed by atoms with E-state index in [1.54, 1.807) is 0 Å². The highest BCUT2D eigenvalue weighted by atomic mass is 19.1. The molecule has 18 heavy (non-hydrogen) atoms. The molecule has 0 radical (unpaired) electrons. The van der Waals surface area contributed by atoms with Crippen molar-refractivity contribution in [3.63, 3.8) is 0 Å². The summed E-state index contributed by atoms with van der Waals surface area (Å²) in [6.07, 6.45) is 2.72. The first-order valence-corrected chi connectivity index (χ1v) is 4.83.